The van der Waals surface area contributed by atoms with E-state index in [1.165, 1.54) is 18.7 Å². The van der Waals surface area contributed by atoms with Crippen molar-refractivity contribution in [3.05, 3.63) is 35.9 Å². The van der Waals surface area contributed by atoms with E-state index in [1.54, 1.807) is 0 Å². The number of benzene rings is 1. The lowest BCUT2D eigenvalue weighted by Crippen LogP contribution is -2.30. The van der Waals surface area contributed by atoms with Gasteiger partial charge in [-0.05, 0) is 31.5 Å². The molecule has 0 spiro atoms. The van der Waals surface area contributed by atoms with Gasteiger partial charge >= 0.3 is 0 Å². The molecule has 2 fully saturated rings. The van der Waals surface area contributed by atoms with E-state index in [1.807, 2.05) is 0 Å². The van der Waals surface area contributed by atoms with Gasteiger partial charge in [-0.3, -0.25) is 4.90 Å². The van der Waals surface area contributed by atoms with Crippen LogP contribution in [-0.4, -0.2) is 43.0 Å². The molecule has 16 heavy (non-hydrogen) atoms. The van der Waals surface area contributed by atoms with Crippen molar-refractivity contribution in [2.24, 2.45) is 11.8 Å². The molecule has 86 valence electrons. The van der Waals surface area contributed by atoms with Crippen molar-refractivity contribution in [3.63, 3.8) is 0 Å². The molecule has 2 nitrogen and oxygen atoms in total. The summed E-state index contributed by atoms with van der Waals surface area (Å²) in [4.78, 5) is 5.00. The minimum absolute atomic E-state index is 0.868. The van der Waals surface area contributed by atoms with Gasteiger partial charge < -0.3 is 4.90 Å². The van der Waals surface area contributed by atoms with Crippen LogP contribution in [0.25, 0.3) is 0 Å². The maximum absolute atomic E-state index is 2.60. The first-order chi connectivity index (χ1) is 7.75. The Morgan fingerprint density at radius 1 is 1.12 bits per heavy atom. The maximum atomic E-state index is 2.60. The smallest absolute Gasteiger partial charge is 0.0233 e. The van der Waals surface area contributed by atoms with Crippen LogP contribution in [0.2, 0.25) is 0 Å². The van der Waals surface area contributed by atoms with Crippen molar-refractivity contribution in [1.82, 2.24) is 9.80 Å². The zero-order valence-electron chi connectivity index (χ0n) is 10.1. The molecule has 1 aliphatic heterocycles. The molecular formula is C14H20N2. The molecule has 2 heteroatoms. The predicted molar refractivity (Wildman–Crippen MR) is 66.2 cm³/mol. The van der Waals surface area contributed by atoms with Gasteiger partial charge in [0.25, 0.3) is 0 Å². The average molecular weight is 216 g/mol. The number of fused-ring (bicyclic) bond motifs is 1. The van der Waals surface area contributed by atoms with Crippen LogP contribution >= 0.6 is 0 Å². The Morgan fingerprint density at radius 2 is 1.75 bits per heavy atom. The first kappa shape index (κ1) is 10.3. The topological polar surface area (TPSA) is 6.48 Å². The van der Waals surface area contributed by atoms with Crippen molar-refractivity contribution in [2.75, 3.05) is 27.2 Å². The summed E-state index contributed by atoms with van der Waals surface area (Å²) < 4.78 is 0. The van der Waals surface area contributed by atoms with Gasteiger partial charge in [0.2, 0.25) is 0 Å². The van der Waals surface area contributed by atoms with Crippen molar-refractivity contribution in [1.29, 1.82) is 0 Å². The second-order valence-electron chi connectivity index (χ2n) is 5.46. The van der Waals surface area contributed by atoms with Crippen LogP contribution in [0, 0.1) is 11.8 Å². The molecule has 1 aromatic carbocycles. The summed E-state index contributed by atoms with van der Waals surface area (Å²) >= 11 is 0. The molecule has 1 saturated heterocycles. The lowest BCUT2D eigenvalue weighted by molar-refractivity contribution is 0.244. The first-order valence-corrected chi connectivity index (χ1v) is 6.18. The summed E-state index contributed by atoms with van der Waals surface area (Å²) in [6, 6.07) is 11.7. The quantitative estimate of drug-likeness (QED) is 0.758. The third-order valence-corrected chi connectivity index (χ3v) is 4.07. The molecule has 1 aromatic rings. The van der Waals surface area contributed by atoms with Gasteiger partial charge in [0.15, 0.2) is 0 Å². The zero-order valence-corrected chi connectivity index (χ0v) is 10.1. The van der Waals surface area contributed by atoms with Crippen LogP contribution in [0.5, 0.6) is 0 Å². The highest BCUT2D eigenvalue weighted by molar-refractivity contribution is 5.16. The number of nitrogens with zero attached hydrogens (tertiary/aromatic N) is 2. The molecule has 3 atom stereocenters. The molecule has 1 aliphatic carbocycles. The molecule has 2 aliphatic rings. The number of hydrogen-bond acceptors (Lipinski definition) is 2. The summed E-state index contributed by atoms with van der Waals surface area (Å²) in [5.41, 5.74) is 1.45. The van der Waals surface area contributed by atoms with Gasteiger partial charge in [-0.15, -0.1) is 0 Å². The molecule has 0 radical (unpaired) electrons. The van der Waals surface area contributed by atoms with E-state index in [2.05, 4.69) is 54.2 Å². The molecule has 0 bridgehead atoms. The van der Waals surface area contributed by atoms with Gasteiger partial charge in [0.05, 0.1) is 0 Å². The second kappa shape index (κ2) is 3.86. The average Bonchev–Trinajstić information content (AvgIpc) is 2.79. The maximum Gasteiger partial charge on any atom is 0.0233 e. The summed E-state index contributed by atoms with van der Waals surface area (Å²) in [6.45, 7) is 3.72. The van der Waals surface area contributed by atoms with Crippen molar-refractivity contribution in [3.8, 4) is 0 Å². The molecule has 1 saturated carbocycles. The Bertz CT molecular complexity index is 348. The molecule has 1 heterocycles. The standard InChI is InChI=1S/C14H20N2/c1-15(2)14-12-9-16(10-13(12)14)8-11-6-4-3-5-7-11/h3-7,12-14H,8-10H2,1-2H3/t12-,13?,14+/m1/s1. The Labute approximate surface area is 97.9 Å². The van der Waals surface area contributed by atoms with E-state index < -0.39 is 0 Å². The molecule has 3 rings (SSSR count). The van der Waals surface area contributed by atoms with E-state index in [0.29, 0.717) is 0 Å². The Balaban J connectivity index is 1.55. The van der Waals surface area contributed by atoms with Crippen LogP contribution in [-0.2, 0) is 6.54 Å². The largest absolute Gasteiger partial charge is 0.306 e. The molecular weight excluding hydrogens is 196 g/mol. The van der Waals surface area contributed by atoms with E-state index >= 15 is 0 Å². The third-order valence-electron chi connectivity index (χ3n) is 4.07. The molecule has 0 N–H and O–H groups in total. The van der Waals surface area contributed by atoms with Crippen LogP contribution in [0.3, 0.4) is 0 Å². The van der Waals surface area contributed by atoms with Crippen LogP contribution in [0.1, 0.15) is 5.56 Å². The first-order valence-electron chi connectivity index (χ1n) is 6.18. The Morgan fingerprint density at radius 3 is 2.31 bits per heavy atom. The van der Waals surface area contributed by atoms with Crippen molar-refractivity contribution < 1.29 is 0 Å². The fourth-order valence-corrected chi connectivity index (χ4v) is 3.32. The normalized spacial score (nSPS) is 33.1. The zero-order chi connectivity index (χ0) is 11.1. The van der Waals surface area contributed by atoms with Gasteiger partial charge in [0, 0.05) is 25.7 Å². The van der Waals surface area contributed by atoms with Gasteiger partial charge in [-0.1, -0.05) is 30.3 Å². The number of rotatable bonds is 3. The van der Waals surface area contributed by atoms with Gasteiger partial charge in [-0.2, -0.15) is 0 Å². The molecule has 1 unspecified atom stereocenters. The minimum atomic E-state index is 0.868. The van der Waals surface area contributed by atoms with Crippen LogP contribution in [0.15, 0.2) is 30.3 Å². The fraction of sp³-hybridized carbons (Fsp3) is 0.571. The number of piperidine rings is 1. The molecule has 0 aromatic heterocycles. The van der Waals surface area contributed by atoms with E-state index in [-0.39, 0.29) is 0 Å². The van der Waals surface area contributed by atoms with Crippen molar-refractivity contribution >= 4 is 0 Å². The van der Waals surface area contributed by atoms with Crippen molar-refractivity contribution in [2.45, 2.75) is 12.6 Å². The highest BCUT2D eigenvalue weighted by Crippen LogP contribution is 2.48. The number of likely N-dealkylation sites (tertiary alicyclic amines) is 1. The lowest BCUT2D eigenvalue weighted by atomic mass is 10.2. The molecule has 0 amide bonds. The highest BCUT2D eigenvalue weighted by atomic mass is 15.3. The highest BCUT2D eigenvalue weighted by Gasteiger charge is 2.56. The second-order valence-corrected chi connectivity index (χ2v) is 5.46. The number of hydrogen-bond donors (Lipinski definition) is 0. The van der Waals surface area contributed by atoms with E-state index in [9.17, 15) is 0 Å². The van der Waals surface area contributed by atoms with Crippen LogP contribution < -0.4 is 0 Å². The van der Waals surface area contributed by atoms with Crippen LogP contribution in [0.4, 0.5) is 0 Å². The minimum Gasteiger partial charge on any atom is -0.306 e. The predicted octanol–water partition coefficient (Wildman–Crippen LogP) is 1.68. The Hall–Kier alpha value is -0.860. The van der Waals surface area contributed by atoms with Gasteiger partial charge in [0.1, 0.15) is 0 Å². The summed E-state index contributed by atoms with van der Waals surface area (Å²) in [7, 11) is 4.43. The summed E-state index contributed by atoms with van der Waals surface area (Å²) in [5.74, 6) is 1.89. The van der Waals surface area contributed by atoms with E-state index in [0.717, 1.165) is 24.4 Å². The SMILES string of the molecule is CN(C)[C@@H]1C2CN(Cc3ccccc3)C[C@H]21. The Kier molecular flexibility index (Phi) is 2.49. The monoisotopic (exact) mass is 216 g/mol. The summed E-state index contributed by atoms with van der Waals surface area (Å²) in [5, 5.41) is 0. The summed E-state index contributed by atoms with van der Waals surface area (Å²) in [6.07, 6.45) is 0. The third kappa shape index (κ3) is 1.76. The fourth-order valence-electron chi connectivity index (χ4n) is 3.32. The lowest BCUT2D eigenvalue weighted by Gasteiger charge is -2.21. The van der Waals surface area contributed by atoms with E-state index in [4.69, 9.17) is 0 Å². The van der Waals surface area contributed by atoms with Gasteiger partial charge in [-0.25, -0.2) is 0 Å².